The van der Waals surface area contributed by atoms with Gasteiger partial charge in [-0.15, -0.1) is 0 Å². The summed E-state index contributed by atoms with van der Waals surface area (Å²) in [5, 5.41) is 3.34. The molecule has 118 valence electrons. The lowest BCUT2D eigenvalue weighted by atomic mass is 10.1. The third-order valence-electron chi connectivity index (χ3n) is 5.38. The smallest absolute Gasteiger partial charge is 0.226 e. The Hall–Kier alpha value is -1.46. The molecule has 3 aliphatic rings. The Morgan fingerprint density at radius 3 is 2.36 bits per heavy atom. The third-order valence-corrected chi connectivity index (χ3v) is 5.38. The summed E-state index contributed by atoms with van der Waals surface area (Å²) in [6.07, 6.45) is 0. The largest absolute Gasteiger partial charge is 0.340 e. The van der Waals surface area contributed by atoms with E-state index in [1.807, 2.05) is 17.0 Å². The Labute approximate surface area is 130 Å². The number of piperazine rings is 1. The molecule has 2 aliphatic heterocycles. The number of fused-ring (bicyclic) bond motifs is 1. The monoisotopic (exact) mass is 303 g/mol. The zero-order valence-corrected chi connectivity index (χ0v) is 12.7. The van der Waals surface area contributed by atoms with Crippen LogP contribution in [-0.4, -0.2) is 55.0 Å². The SMILES string of the molecule is O=C(C1[C@H]2CNC[C@@H]12)N1CCN(Cc2ccc(F)cc2)CC1. The van der Waals surface area contributed by atoms with Gasteiger partial charge < -0.3 is 10.2 Å². The summed E-state index contributed by atoms with van der Waals surface area (Å²) in [5.74, 6) is 1.68. The number of nitrogens with zero attached hydrogens (tertiary/aromatic N) is 2. The van der Waals surface area contributed by atoms with E-state index in [1.165, 1.54) is 12.1 Å². The van der Waals surface area contributed by atoms with Gasteiger partial charge in [0.1, 0.15) is 5.82 Å². The van der Waals surface area contributed by atoms with Crippen molar-refractivity contribution in [3.8, 4) is 0 Å². The van der Waals surface area contributed by atoms with Crippen LogP contribution in [0.2, 0.25) is 0 Å². The number of halogens is 1. The van der Waals surface area contributed by atoms with E-state index in [0.717, 1.165) is 51.4 Å². The van der Waals surface area contributed by atoms with Crippen molar-refractivity contribution in [3.63, 3.8) is 0 Å². The zero-order chi connectivity index (χ0) is 15.1. The normalized spacial score (nSPS) is 31.1. The number of carbonyl (C=O) groups excluding carboxylic acids is 1. The molecule has 1 unspecified atom stereocenters. The number of piperidine rings is 1. The number of benzene rings is 1. The van der Waals surface area contributed by atoms with Gasteiger partial charge >= 0.3 is 0 Å². The van der Waals surface area contributed by atoms with Crippen molar-refractivity contribution in [3.05, 3.63) is 35.6 Å². The molecule has 1 aromatic rings. The minimum Gasteiger partial charge on any atom is -0.340 e. The van der Waals surface area contributed by atoms with Crippen molar-refractivity contribution in [2.75, 3.05) is 39.3 Å². The molecule has 3 fully saturated rings. The van der Waals surface area contributed by atoms with Gasteiger partial charge in [-0.1, -0.05) is 12.1 Å². The van der Waals surface area contributed by atoms with E-state index in [-0.39, 0.29) is 5.82 Å². The number of hydrogen-bond donors (Lipinski definition) is 1. The first-order chi connectivity index (χ1) is 10.7. The maximum absolute atomic E-state index is 12.9. The molecule has 4 rings (SSSR count). The molecule has 4 nitrogen and oxygen atoms in total. The topological polar surface area (TPSA) is 35.6 Å². The Bertz CT molecular complexity index is 544. The average Bonchev–Trinajstić information content (AvgIpc) is 3.01. The van der Waals surface area contributed by atoms with Gasteiger partial charge in [-0.25, -0.2) is 4.39 Å². The number of carbonyl (C=O) groups is 1. The Morgan fingerprint density at radius 2 is 1.73 bits per heavy atom. The average molecular weight is 303 g/mol. The van der Waals surface area contributed by atoms with Gasteiger partial charge in [0, 0.05) is 38.6 Å². The number of amides is 1. The van der Waals surface area contributed by atoms with Gasteiger partial charge in [0.15, 0.2) is 0 Å². The van der Waals surface area contributed by atoms with Crippen molar-refractivity contribution >= 4 is 5.91 Å². The first-order valence-corrected chi connectivity index (χ1v) is 8.19. The van der Waals surface area contributed by atoms with Crippen molar-refractivity contribution < 1.29 is 9.18 Å². The highest BCUT2D eigenvalue weighted by Gasteiger charge is 2.57. The minimum absolute atomic E-state index is 0.191. The molecular formula is C17H22FN3O. The van der Waals surface area contributed by atoms with Crippen molar-refractivity contribution in [2.24, 2.45) is 17.8 Å². The van der Waals surface area contributed by atoms with E-state index in [9.17, 15) is 9.18 Å². The number of hydrogen-bond acceptors (Lipinski definition) is 3. The van der Waals surface area contributed by atoms with Crippen LogP contribution in [0.4, 0.5) is 4.39 Å². The lowest BCUT2D eigenvalue weighted by molar-refractivity contribution is -0.135. The van der Waals surface area contributed by atoms with Crippen LogP contribution >= 0.6 is 0 Å². The summed E-state index contributed by atoms with van der Waals surface area (Å²) >= 11 is 0. The van der Waals surface area contributed by atoms with E-state index in [0.29, 0.717) is 23.7 Å². The fourth-order valence-electron chi connectivity index (χ4n) is 3.97. The second-order valence-electron chi connectivity index (χ2n) is 6.74. The third kappa shape index (κ3) is 2.63. The van der Waals surface area contributed by atoms with E-state index in [4.69, 9.17) is 0 Å². The minimum atomic E-state index is -0.191. The zero-order valence-electron chi connectivity index (χ0n) is 12.7. The molecule has 0 radical (unpaired) electrons. The van der Waals surface area contributed by atoms with Gasteiger partial charge in [-0.05, 0) is 42.6 Å². The second-order valence-corrected chi connectivity index (χ2v) is 6.74. The van der Waals surface area contributed by atoms with Gasteiger partial charge in [0.25, 0.3) is 0 Å². The van der Waals surface area contributed by atoms with E-state index >= 15 is 0 Å². The Morgan fingerprint density at radius 1 is 1.09 bits per heavy atom. The summed E-state index contributed by atoms with van der Waals surface area (Å²) < 4.78 is 12.9. The van der Waals surface area contributed by atoms with Crippen LogP contribution in [0.25, 0.3) is 0 Å². The van der Waals surface area contributed by atoms with Gasteiger partial charge in [-0.2, -0.15) is 0 Å². The standard InChI is InChI=1S/C17H22FN3O/c18-13-3-1-12(2-4-13)11-20-5-7-21(8-6-20)17(22)16-14-9-19-10-15(14)16/h1-4,14-16,19H,5-11H2/t14-,15+,16?. The summed E-state index contributed by atoms with van der Waals surface area (Å²) in [4.78, 5) is 16.9. The van der Waals surface area contributed by atoms with Crippen LogP contribution in [0.3, 0.4) is 0 Å². The van der Waals surface area contributed by atoms with Crippen molar-refractivity contribution in [2.45, 2.75) is 6.54 Å². The molecule has 3 atom stereocenters. The molecule has 0 aromatic heterocycles. The van der Waals surface area contributed by atoms with E-state index < -0.39 is 0 Å². The molecule has 0 spiro atoms. The Balaban J connectivity index is 1.27. The van der Waals surface area contributed by atoms with Crippen LogP contribution in [0.15, 0.2) is 24.3 Å². The molecule has 1 saturated carbocycles. The molecule has 1 aromatic carbocycles. The fraction of sp³-hybridized carbons (Fsp3) is 0.588. The molecule has 2 saturated heterocycles. The molecule has 1 aliphatic carbocycles. The molecule has 0 bridgehead atoms. The van der Waals surface area contributed by atoms with Crippen LogP contribution in [0.5, 0.6) is 0 Å². The van der Waals surface area contributed by atoms with E-state index in [1.54, 1.807) is 0 Å². The van der Waals surface area contributed by atoms with Gasteiger partial charge in [0.2, 0.25) is 5.91 Å². The van der Waals surface area contributed by atoms with Crippen molar-refractivity contribution in [1.82, 2.24) is 15.1 Å². The van der Waals surface area contributed by atoms with E-state index in [2.05, 4.69) is 10.2 Å². The summed E-state index contributed by atoms with van der Waals surface area (Å²) in [5.41, 5.74) is 1.13. The lowest BCUT2D eigenvalue weighted by Crippen LogP contribution is -2.49. The Kier molecular flexibility index (Phi) is 3.62. The second kappa shape index (κ2) is 5.63. The maximum atomic E-state index is 12.9. The van der Waals surface area contributed by atoms with Crippen LogP contribution in [0, 0.1) is 23.6 Å². The first kappa shape index (κ1) is 14.2. The highest BCUT2D eigenvalue weighted by molar-refractivity contribution is 5.82. The van der Waals surface area contributed by atoms with Crippen molar-refractivity contribution in [1.29, 1.82) is 0 Å². The predicted octanol–water partition coefficient (Wildman–Crippen LogP) is 0.935. The quantitative estimate of drug-likeness (QED) is 0.902. The summed E-state index contributed by atoms with van der Waals surface area (Å²) in [7, 11) is 0. The fourth-order valence-corrected chi connectivity index (χ4v) is 3.97. The van der Waals surface area contributed by atoms with Crippen LogP contribution in [-0.2, 0) is 11.3 Å². The molecular weight excluding hydrogens is 281 g/mol. The molecule has 2 heterocycles. The molecule has 1 amide bonds. The number of rotatable bonds is 3. The highest BCUT2D eigenvalue weighted by Crippen LogP contribution is 2.49. The summed E-state index contributed by atoms with van der Waals surface area (Å²) in [6.45, 7) is 6.33. The molecule has 5 heteroatoms. The number of nitrogens with one attached hydrogen (secondary N) is 1. The maximum Gasteiger partial charge on any atom is 0.226 e. The first-order valence-electron chi connectivity index (χ1n) is 8.19. The van der Waals surface area contributed by atoms with Gasteiger partial charge in [-0.3, -0.25) is 9.69 Å². The van der Waals surface area contributed by atoms with Gasteiger partial charge in [0.05, 0.1) is 0 Å². The lowest BCUT2D eigenvalue weighted by Gasteiger charge is -2.35. The highest BCUT2D eigenvalue weighted by atomic mass is 19.1. The van der Waals surface area contributed by atoms with Crippen LogP contribution in [0.1, 0.15) is 5.56 Å². The molecule has 22 heavy (non-hydrogen) atoms. The molecule has 1 N–H and O–H groups in total. The predicted molar refractivity (Wildman–Crippen MR) is 81.6 cm³/mol. The van der Waals surface area contributed by atoms with Crippen LogP contribution < -0.4 is 5.32 Å². The summed E-state index contributed by atoms with van der Waals surface area (Å²) in [6, 6.07) is 6.69.